The van der Waals surface area contributed by atoms with Crippen molar-refractivity contribution in [2.24, 2.45) is 4.99 Å². The normalized spacial score (nSPS) is 14.1. The van der Waals surface area contributed by atoms with Gasteiger partial charge in [0.15, 0.2) is 17.2 Å². The fourth-order valence-corrected chi connectivity index (χ4v) is 3.27. The quantitative estimate of drug-likeness (QED) is 0.278. The zero-order valence-corrected chi connectivity index (χ0v) is 18.0. The fraction of sp³-hybridized carbons (Fsp3) is 0.111. The molecule has 0 amide bonds. The van der Waals surface area contributed by atoms with Crippen molar-refractivity contribution >= 4 is 17.9 Å². The molecular formula is C27H23NO4. The highest BCUT2D eigenvalue weighted by atomic mass is 16.6. The molecule has 160 valence electrons. The van der Waals surface area contributed by atoms with E-state index in [1.165, 1.54) is 0 Å². The lowest BCUT2D eigenvalue weighted by Gasteiger charge is -2.13. The van der Waals surface area contributed by atoms with Crippen LogP contribution >= 0.6 is 0 Å². The average molecular weight is 425 g/mol. The molecule has 0 aromatic heterocycles. The molecule has 3 aromatic carbocycles. The van der Waals surface area contributed by atoms with E-state index in [2.05, 4.69) is 11.6 Å². The Labute approximate surface area is 187 Å². The van der Waals surface area contributed by atoms with Gasteiger partial charge in [-0.3, -0.25) is 0 Å². The molecule has 0 fully saturated rings. The monoisotopic (exact) mass is 425 g/mol. The summed E-state index contributed by atoms with van der Waals surface area (Å²) in [5.74, 6) is 0.843. The Balaban J connectivity index is 1.63. The third-order valence-corrected chi connectivity index (χ3v) is 4.84. The van der Waals surface area contributed by atoms with E-state index in [1.807, 2.05) is 73.7 Å². The van der Waals surface area contributed by atoms with E-state index < -0.39 is 5.97 Å². The van der Waals surface area contributed by atoms with Crippen LogP contribution < -0.4 is 9.47 Å². The minimum absolute atomic E-state index is 0.195. The van der Waals surface area contributed by atoms with Crippen molar-refractivity contribution in [2.45, 2.75) is 6.92 Å². The second kappa shape index (κ2) is 9.35. The smallest absolute Gasteiger partial charge is 0.363 e. The van der Waals surface area contributed by atoms with Gasteiger partial charge in [0.05, 0.1) is 7.11 Å². The van der Waals surface area contributed by atoms with Crippen LogP contribution in [0.3, 0.4) is 0 Å². The van der Waals surface area contributed by atoms with E-state index in [1.54, 1.807) is 19.3 Å². The van der Waals surface area contributed by atoms with Crippen molar-refractivity contribution in [3.05, 3.63) is 102 Å². The third-order valence-electron chi connectivity index (χ3n) is 4.84. The zero-order valence-electron chi connectivity index (χ0n) is 18.0. The highest BCUT2D eigenvalue weighted by Crippen LogP contribution is 2.34. The molecular weight excluding hydrogens is 402 g/mol. The minimum atomic E-state index is -0.513. The summed E-state index contributed by atoms with van der Waals surface area (Å²) in [7, 11) is 1.57. The number of carbonyl (C=O) groups excluding carboxylic acids is 1. The number of hydrogen-bond acceptors (Lipinski definition) is 5. The van der Waals surface area contributed by atoms with Gasteiger partial charge in [-0.2, -0.15) is 0 Å². The number of esters is 1. The van der Waals surface area contributed by atoms with Crippen LogP contribution in [0.4, 0.5) is 0 Å². The maximum atomic E-state index is 12.5. The predicted molar refractivity (Wildman–Crippen MR) is 126 cm³/mol. The molecule has 0 saturated carbocycles. The first-order valence-corrected chi connectivity index (χ1v) is 10.2. The number of benzene rings is 3. The summed E-state index contributed by atoms with van der Waals surface area (Å²) < 4.78 is 16.7. The molecule has 0 aliphatic carbocycles. The molecule has 1 aliphatic heterocycles. The number of cyclic esters (lactones) is 1. The molecule has 0 bridgehead atoms. The SMILES string of the molecule is C=C(C)COc1c(/C=C2\N=C(c3ccc(-c4ccccc4)cc3)OC2=O)cccc1OC. The third kappa shape index (κ3) is 4.62. The second-order valence-electron chi connectivity index (χ2n) is 7.40. The van der Waals surface area contributed by atoms with E-state index in [0.717, 1.165) is 22.3 Å². The maximum absolute atomic E-state index is 12.5. The predicted octanol–water partition coefficient (Wildman–Crippen LogP) is 5.66. The Bertz CT molecular complexity index is 1210. The van der Waals surface area contributed by atoms with Gasteiger partial charge in [-0.1, -0.05) is 61.2 Å². The second-order valence-corrected chi connectivity index (χ2v) is 7.40. The first kappa shape index (κ1) is 21.1. The summed E-state index contributed by atoms with van der Waals surface area (Å²) >= 11 is 0. The van der Waals surface area contributed by atoms with Crippen LogP contribution in [-0.2, 0) is 9.53 Å². The minimum Gasteiger partial charge on any atom is -0.493 e. The standard InChI is InChI=1S/C27H23NO4/c1-18(2)17-31-25-22(10-7-11-24(25)30-3)16-23-27(29)32-26(28-23)21-14-12-20(13-15-21)19-8-5-4-6-9-19/h4-16H,1,17H2,2-3H3/b23-16-. The van der Waals surface area contributed by atoms with Gasteiger partial charge in [0.1, 0.15) is 6.61 Å². The Kier molecular flexibility index (Phi) is 6.17. The Morgan fingerprint density at radius 3 is 2.34 bits per heavy atom. The van der Waals surface area contributed by atoms with Crippen LogP contribution in [0.2, 0.25) is 0 Å². The molecule has 0 unspecified atom stereocenters. The van der Waals surface area contributed by atoms with E-state index in [4.69, 9.17) is 14.2 Å². The lowest BCUT2D eigenvalue weighted by atomic mass is 10.0. The average Bonchev–Trinajstić information content (AvgIpc) is 3.18. The summed E-state index contributed by atoms with van der Waals surface area (Å²) in [6.45, 7) is 6.08. The first-order valence-electron chi connectivity index (χ1n) is 10.2. The topological polar surface area (TPSA) is 57.1 Å². The number of nitrogens with zero attached hydrogens (tertiary/aromatic N) is 1. The van der Waals surface area contributed by atoms with Crippen molar-refractivity contribution in [3.8, 4) is 22.6 Å². The van der Waals surface area contributed by atoms with Gasteiger partial charge in [-0.05, 0) is 47.9 Å². The first-order chi connectivity index (χ1) is 15.5. The molecule has 0 N–H and O–H groups in total. The number of para-hydroxylation sites is 1. The van der Waals surface area contributed by atoms with Crippen LogP contribution in [-0.4, -0.2) is 25.6 Å². The summed E-state index contributed by atoms with van der Waals surface area (Å²) in [5, 5.41) is 0. The molecule has 4 rings (SSSR count). The number of aliphatic imine (C=N–C) groups is 1. The summed E-state index contributed by atoms with van der Waals surface area (Å²) in [5.41, 5.74) is 4.65. The molecule has 1 heterocycles. The highest BCUT2D eigenvalue weighted by Gasteiger charge is 2.25. The largest absolute Gasteiger partial charge is 0.493 e. The Morgan fingerprint density at radius 1 is 0.969 bits per heavy atom. The molecule has 1 aliphatic rings. The molecule has 3 aromatic rings. The maximum Gasteiger partial charge on any atom is 0.363 e. The molecule has 5 heteroatoms. The number of hydrogen-bond donors (Lipinski definition) is 0. The fourth-order valence-electron chi connectivity index (χ4n) is 3.27. The van der Waals surface area contributed by atoms with E-state index in [-0.39, 0.29) is 11.6 Å². The van der Waals surface area contributed by atoms with Crippen molar-refractivity contribution < 1.29 is 19.0 Å². The van der Waals surface area contributed by atoms with Crippen LogP contribution in [0.15, 0.2) is 95.6 Å². The van der Waals surface area contributed by atoms with Crippen molar-refractivity contribution in [2.75, 3.05) is 13.7 Å². The number of rotatable bonds is 7. The van der Waals surface area contributed by atoms with Crippen LogP contribution in [0.5, 0.6) is 11.5 Å². The number of methoxy groups -OCH3 is 1. The molecule has 0 spiro atoms. The van der Waals surface area contributed by atoms with Gasteiger partial charge in [0.2, 0.25) is 5.90 Å². The zero-order chi connectivity index (χ0) is 22.5. The molecule has 32 heavy (non-hydrogen) atoms. The molecule has 0 atom stereocenters. The van der Waals surface area contributed by atoms with Gasteiger partial charge in [-0.15, -0.1) is 0 Å². The van der Waals surface area contributed by atoms with Gasteiger partial charge in [0.25, 0.3) is 0 Å². The van der Waals surface area contributed by atoms with Crippen molar-refractivity contribution in [3.63, 3.8) is 0 Å². The van der Waals surface area contributed by atoms with E-state index >= 15 is 0 Å². The lowest BCUT2D eigenvalue weighted by molar-refractivity contribution is -0.129. The van der Waals surface area contributed by atoms with Gasteiger partial charge >= 0.3 is 5.97 Å². The van der Waals surface area contributed by atoms with Gasteiger partial charge in [-0.25, -0.2) is 9.79 Å². The Morgan fingerprint density at radius 2 is 1.66 bits per heavy atom. The number of ether oxygens (including phenoxy) is 3. The van der Waals surface area contributed by atoms with Gasteiger partial charge in [0, 0.05) is 11.1 Å². The summed E-state index contributed by atoms with van der Waals surface area (Å²) in [6.07, 6.45) is 1.64. The molecule has 0 saturated heterocycles. The Hall–Kier alpha value is -4.12. The van der Waals surface area contributed by atoms with Crippen molar-refractivity contribution in [1.29, 1.82) is 0 Å². The molecule has 0 radical (unpaired) electrons. The highest BCUT2D eigenvalue weighted by molar-refractivity contribution is 6.13. The molecule has 5 nitrogen and oxygen atoms in total. The summed E-state index contributed by atoms with van der Waals surface area (Å²) in [6, 6.07) is 23.3. The van der Waals surface area contributed by atoms with Crippen molar-refractivity contribution in [1.82, 2.24) is 0 Å². The van der Waals surface area contributed by atoms with Gasteiger partial charge < -0.3 is 14.2 Å². The van der Waals surface area contributed by atoms with E-state index in [0.29, 0.717) is 23.7 Å². The summed E-state index contributed by atoms with van der Waals surface area (Å²) in [4.78, 5) is 16.9. The van der Waals surface area contributed by atoms with Crippen LogP contribution in [0.25, 0.3) is 17.2 Å². The number of carbonyl (C=O) groups is 1. The van der Waals surface area contributed by atoms with E-state index in [9.17, 15) is 4.79 Å². The van der Waals surface area contributed by atoms with Crippen LogP contribution in [0, 0.1) is 0 Å². The lowest BCUT2D eigenvalue weighted by Crippen LogP contribution is -2.05. The van der Waals surface area contributed by atoms with Crippen LogP contribution in [0.1, 0.15) is 18.1 Å².